The number of rotatable bonds is 8. The molecule has 0 saturated heterocycles. The number of thioether (sulfide) groups is 1. The standard InChI is InChI=1S/C24H24N2O3S/c1-3-29-22-12-8-7-11-21(22)26-24(28)23(18-9-5-4-6-10-18)30-20-15-13-19(14-16-20)25-17(2)27/h4-16,23H,3H2,1-2H3,(H,25,27)(H,26,28)/t23-/m0/s1. The first-order valence-corrected chi connectivity index (χ1v) is 10.6. The maximum absolute atomic E-state index is 13.2. The van der Waals surface area contributed by atoms with E-state index in [0.29, 0.717) is 18.0 Å². The Morgan fingerprint density at radius 2 is 1.57 bits per heavy atom. The molecule has 30 heavy (non-hydrogen) atoms. The Morgan fingerprint density at radius 1 is 0.900 bits per heavy atom. The van der Waals surface area contributed by atoms with Crippen LogP contribution in [0, 0.1) is 0 Å². The zero-order valence-corrected chi connectivity index (χ0v) is 17.7. The highest BCUT2D eigenvalue weighted by Gasteiger charge is 2.23. The fourth-order valence-electron chi connectivity index (χ4n) is 2.91. The van der Waals surface area contributed by atoms with Gasteiger partial charge in [-0.3, -0.25) is 9.59 Å². The van der Waals surface area contributed by atoms with Gasteiger partial charge in [-0.25, -0.2) is 0 Å². The highest BCUT2D eigenvalue weighted by atomic mass is 32.2. The average molecular weight is 421 g/mol. The van der Waals surface area contributed by atoms with Gasteiger partial charge in [-0.15, -0.1) is 11.8 Å². The van der Waals surface area contributed by atoms with E-state index in [1.54, 1.807) is 0 Å². The molecule has 3 aromatic carbocycles. The molecule has 5 nitrogen and oxygen atoms in total. The maximum atomic E-state index is 13.2. The van der Waals surface area contributed by atoms with Gasteiger partial charge in [0.25, 0.3) is 0 Å². The highest BCUT2D eigenvalue weighted by Crippen LogP contribution is 2.37. The molecule has 154 valence electrons. The van der Waals surface area contributed by atoms with Crippen molar-refractivity contribution in [2.24, 2.45) is 0 Å². The summed E-state index contributed by atoms with van der Waals surface area (Å²) in [6.45, 7) is 3.90. The summed E-state index contributed by atoms with van der Waals surface area (Å²) in [5.41, 5.74) is 2.27. The van der Waals surface area contributed by atoms with Gasteiger partial charge in [-0.05, 0) is 48.9 Å². The van der Waals surface area contributed by atoms with Crippen LogP contribution in [0.15, 0.2) is 83.8 Å². The lowest BCUT2D eigenvalue weighted by Crippen LogP contribution is -2.19. The number of nitrogens with one attached hydrogen (secondary N) is 2. The van der Waals surface area contributed by atoms with Crippen molar-refractivity contribution >= 4 is 35.0 Å². The molecule has 0 unspecified atom stereocenters. The predicted molar refractivity (Wildman–Crippen MR) is 122 cm³/mol. The van der Waals surface area contributed by atoms with Crippen LogP contribution in [0.5, 0.6) is 5.75 Å². The summed E-state index contributed by atoms with van der Waals surface area (Å²) < 4.78 is 5.63. The monoisotopic (exact) mass is 420 g/mol. The Bertz CT molecular complexity index is 991. The van der Waals surface area contributed by atoms with E-state index in [1.165, 1.54) is 18.7 Å². The number of carbonyl (C=O) groups is 2. The van der Waals surface area contributed by atoms with Gasteiger partial charge in [0, 0.05) is 17.5 Å². The third-order valence-corrected chi connectivity index (χ3v) is 5.48. The third-order valence-electron chi connectivity index (χ3n) is 4.21. The van der Waals surface area contributed by atoms with Gasteiger partial charge in [-0.1, -0.05) is 42.5 Å². The van der Waals surface area contributed by atoms with Crippen molar-refractivity contribution in [1.29, 1.82) is 0 Å². The van der Waals surface area contributed by atoms with Crippen LogP contribution in [0.2, 0.25) is 0 Å². The molecule has 0 radical (unpaired) electrons. The number of benzene rings is 3. The largest absolute Gasteiger partial charge is 0.492 e. The van der Waals surface area contributed by atoms with Crippen molar-refractivity contribution in [2.75, 3.05) is 17.2 Å². The number of carbonyl (C=O) groups excluding carboxylic acids is 2. The number of ether oxygens (including phenoxy) is 1. The molecule has 0 bridgehead atoms. The second-order valence-electron chi connectivity index (χ2n) is 6.53. The topological polar surface area (TPSA) is 67.4 Å². The molecule has 0 spiro atoms. The lowest BCUT2D eigenvalue weighted by molar-refractivity contribution is -0.116. The molecule has 6 heteroatoms. The van der Waals surface area contributed by atoms with E-state index in [9.17, 15) is 9.59 Å². The van der Waals surface area contributed by atoms with Crippen molar-refractivity contribution in [3.05, 3.63) is 84.4 Å². The Kier molecular flexibility index (Phi) is 7.51. The minimum Gasteiger partial charge on any atom is -0.492 e. The van der Waals surface area contributed by atoms with Crippen LogP contribution in [0.25, 0.3) is 0 Å². The fourth-order valence-corrected chi connectivity index (χ4v) is 3.93. The van der Waals surface area contributed by atoms with Gasteiger partial charge >= 0.3 is 0 Å². The Morgan fingerprint density at radius 3 is 2.23 bits per heavy atom. The average Bonchev–Trinajstić information content (AvgIpc) is 2.75. The smallest absolute Gasteiger partial charge is 0.242 e. The maximum Gasteiger partial charge on any atom is 0.242 e. The van der Waals surface area contributed by atoms with Gasteiger partial charge in [0.05, 0.1) is 12.3 Å². The van der Waals surface area contributed by atoms with Crippen LogP contribution in [0.3, 0.4) is 0 Å². The SMILES string of the molecule is CCOc1ccccc1NC(=O)[C@@H](Sc1ccc(NC(C)=O)cc1)c1ccccc1. The van der Waals surface area contributed by atoms with Gasteiger partial charge in [0.15, 0.2) is 0 Å². The second-order valence-corrected chi connectivity index (χ2v) is 7.71. The molecule has 0 aliphatic carbocycles. The van der Waals surface area contributed by atoms with Gasteiger partial charge in [0.2, 0.25) is 11.8 Å². The fraction of sp³-hybridized carbons (Fsp3) is 0.167. The first-order valence-electron chi connectivity index (χ1n) is 9.68. The molecule has 2 amide bonds. The Balaban J connectivity index is 1.83. The van der Waals surface area contributed by atoms with Crippen molar-refractivity contribution < 1.29 is 14.3 Å². The van der Waals surface area contributed by atoms with Crippen molar-refractivity contribution in [3.63, 3.8) is 0 Å². The third kappa shape index (κ3) is 5.87. The van der Waals surface area contributed by atoms with Crippen LogP contribution >= 0.6 is 11.8 Å². The van der Waals surface area contributed by atoms with Crippen LogP contribution < -0.4 is 15.4 Å². The second kappa shape index (κ2) is 10.5. The number of amides is 2. The minimum atomic E-state index is -0.451. The van der Waals surface area contributed by atoms with E-state index in [4.69, 9.17) is 4.74 Å². The first-order chi connectivity index (χ1) is 14.6. The summed E-state index contributed by atoms with van der Waals surface area (Å²) in [6.07, 6.45) is 0. The minimum absolute atomic E-state index is 0.120. The van der Waals surface area contributed by atoms with E-state index in [1.807, 2.05) is 85.8 Å². The highest BCUT2D eigenvalue weighted by molar-refractivity contribution is 8.00. The summed E-state index contributed by atoms with van der Waals surface area (Å²) >= 11 is 1.45. The Hall–Kier alpha value is -3.25. The van der Waals surface area contributed by atoms with Crippen molar-refractivity contribution in [3.8, 4) is 5.75 Å². The molecule has 1 atom stereocenters. The molecular formula is C24H24N2O3S. The zero-order valence-electron chi connectivity index (χ0n) is 16.9. The normalized spacial score (nSPS) is 11.4. The van der Waals surface area contributed by atoms with Gasteiger partial charge in [0.1, 0.15) is 11.0 Å². The summed E-state index contributed by atoms with van der Waals surface area (Å²) in [6, 6.07) is 24.5. The number of hydrogen-bond donors (Lipinski definition) is 2. The van der Waals surface area contributed by atoms with E-state index in [-0.39, 0.29) is 11.8 Å². The molecular weight excluding hydrogens is 396 g/mol. The molecule has 3 aromatic rings. The molecule has 0 fully saturated rings. The molecule has 0 heterocycles. The van der Waals surface area contributed by atoms with Crippen LogP contribution in [0.4, 0.5) is 11.4 Å². The van der Waals surface area contributed by atoms with E-state index < -0.39 is 5.25 Å². The van der Waals surface area contributed by atoms with Crippen LogP contribution in [0.1, 0.15) is 24.7 Å². The first kappa shape index (κ1) is 21.5. The molecule has 0 aliphatic heterocycles. The van der Waals surface area contributed by atoms with E-state index in [0.717, 1.165) is 16.1 Å². The summed E-state index contributed by atoms with van der Waals surface area (Å²) in [4.78, 5) is 25.4. The zero-order chi connectivity index (χ0) is 21.3. The summed E-state index contributed by atoms with van der Waals surface area (Å²) in [5.74, 6) is 0.388. The number of anilines is 2. The van der Waals surface area contributed by atoms with Gasteiger partial charge in [-0.2, -0.15) is 0 Å². The van der Waals surface area contributed by atoms with Crippen LogP contribution in [-0.4, -0.2) is 18.4 Å². The van der Waals surface area contributed by atoms with Gasteiger partial charge < -0.3 is 15.4 Å². The van der Waals surface area contributed by atoms with E-state index in [2.05, 4.69) is 10.6 Å². The molecule has 3 rings (SSSR count). The number of hydrogen-bond acceptors (Lipinski definition) is 4. The van der Waals surface area contributed by atoms with Crippen molar-refractivity contribution in [1.82, 2.24) is 0 Å². The quantitative estimate of drug-likeness (QED) is 0.471. The molecule has 0 saturated carbocycles. The lowest BCUT2D eigenvalue weighted by Gasteiger charge is -2.18. The summed E-state index contributed by atoms with van der Waals surface area (Å²) in [5, 5.41) is 5.31. The summed E-state index contributed by atoms with van der Waals surface area (Å²) in [7, 11) is 0. The van der Waals surface area contributed by atoms with Crippen molar-refractivity contribution in [2.45, 2.75) is 24.0 Å². The van der Waals surface area contributed by atoms with E-state index >= 15 is 0 Å². The van der Waals surface area contributed by atoms with Crippen LogP contribution in [-0.2, 0) is 9.59 Å². The number of para-hydroxylation sites is 2. The molecule has 2 N–H and O–H groups in total. The molecule has 0 aliphatic rings. The lowest BCUT2D eigenvalue weighted by atomic mass is 10.1. The molecule has 0 aromatic heterocycles. The Labute approximate surface area is 180 Å². The predicted octanol–water partition coefficient (Wildman–Crippen LogP) is 5.52.